The van der Waals surface area contributed by atoms with Gasteiger partial charge in [-0.1, -0.05) is 18.6 Å². The van der Waals surface area contributed by atoms with E-state index in [1.807, 2.05) is 18.2 Å². The summed E-state index contributed by atoms with van der Waals surface area (Å²) in [4.78, 5) is 11.4. The number of carbonyl (C=O) groups is 1. The van der Waals surface area contributed by atoms with Gasteiger partial charge in [0.2, 0.25) is 0 Å². The fourth-order valence-electron chi connectivity index (χ4n) is 2.52. The van der Waals surface area contributed by atoms with Crippen LogP contribution in [0.3, 0.4) is 0 Å². The highest BCUT2D eigenvalue weighted by atomic mass is 16.1. The first kappa shape index (κ1) is 10.6. The lowest BCUT2D eigenvalue weighted by molar-refractivity contribution is 0.101. The van der Waals surface area contributed by atoms with E-state index < -0.39 is 0 Å². The number of nitrogens with zero attached hydrogens (tertiary/aromatic N) is 1. The monoisotopic (exact) mass is 227 g/mol. The molecular formula is C15H17NO. The summed E-state index contributed by atoms with van der Waals surface area (Å²) in [6.07, 6.45) is 6.23. The molecule has 0 spiro atoms. The lowest BCUT2D eigenvalue weighted by Gasteiger charge is -2.26. The molecule has 0 N–H and O–H groups in total. The Morgan fingerprint density at radius 3 is 2.82 bits per heavy atom. The molecule has 1 heterocycles. The Labute approximate surface area is 101 Å². The molecule has 0 bridgehead atoms. The zero-order chi connectivity index (χ0) is 11.8. The Balaban J connectivity index is 1.99. The van der Waals surface area contributed by atoms with Gasteiger partial charge in [0.1, 0.15) is 0 Å². The normalized spacial score (nSPS) is 16.1. The number of rotatable bonds is 3. The predicted molar refractivity (Wildman–Crippen MR) is 69.3 cm³/mol. The Hall–Kier alpha value is -1.57. The molecule has 88 valence electrons. The van der Waals surface area contributed by atoms with Crippen LogP contribution < -0.4 is 0 Å². The maximum atomic E-state index is 11.4. The van der Waals surface area contributed by atoms with Crippen molar-refractivity contribution < 1.29 is 4.79 Å². The van der Waals surface area contributed by atoms with E-state index in [1.54, 1.807) is 6.92 Å². The van der Waals surface area contributed by atoms with Gasteiger partial charge in [-0.25, -0.2) is 0 Å². The summed E-state index contributed by atoms with van der Waals surface area (Å²) in [5.74, 6) is 0.981. The number of hydrogen-bond donors (Lipinski definition) is 0. The van der Waals surface area contributed by atoms with Crippen molar-refractivity contribution in [2.45, 2.75) is 32.7 Å². The number of aromatic nitrogens is 1. The van der Waals surface area contributed by atoms with Crippen molar-refractivity contribution in [1.82, 2.24) is 4.57 Å². The van der Waals surface area contributed by atoms with E-state index in [9.17, 15) is 4.79 Å². The highest BCUT2D eigenvalue weighted by Gasteiger charge is 2.18. The zero-order valence-electron chi connectivity index (χ0n) is 10.1. The van der Waals surface area contributed by atoms with E-state index in [-0.39, 0.29) is 5.78 Å². The third-order valence-electron chi connectivity index (χ3n) is 3.86. The maximum absolute atomic E-state index is 11.4. The van der Waals surface area contributed by atoms with Crippen molar-refractivity contribution in [1.29, 1.82) is 0 Å². The zero-order valence-corrected chi connectivity index (χ0v) is 10.1. The average molecular weight is 227 g/mol. The van der Waals surface area contributed by atoms with Crippen LogP contribution in [0.4, 0.5) is 0 Å². The summed E-state index contributed by atoms with van der Waals surface area (Å²) in [6.45, 7) is 2.73. The first-order valence-corrected chi connectivity index (χ1v) is 6.34. The maximum Gasteiger partial charge on any atom is 0.159 e. The molecule has 3 rings (SSSR count). The number of ketones is 1. The molecule has 1 aromatic heterocycles. The van der Waals surface area contributed by atoms with Crippen LogP contribution in [-0.2, 0) is 6.54 Å². The molecule has 0 atom stereocenters. The minimum Gasteiger partial charge on any atom is -0.347 e. The van der Waals surface area contributed by atoms with E-state index in [0.717, 1.165) is 18.0 Å². The number of fused-ring (bicyclic) bond motifs is 1. The van der Waals surface area contributed by atoms with Gasteiger partial charge in [0.15, 0.2) is 5.78 Å². The Bertz CT molecular complexity index is 563. The van der Waals surface area contributed by atoms with Crippen molar-refractivity contribution >= 4 is 16.7 Å². The summed E-state index contributed by atoms with van der Waals surface area (Å²) in [5, 5.41) is 1.23. The Morgan fingerprint density at radius 1 is 1.35 bits per heavy atom. The summed E-state index contributed by atoms with van der Waals surface area (Å²) in [5.41, 5.74) is 2.01. The molecule has 17 heavy (non-hydrogen) atoms. The van der Waals surface area contributed by atoms with Crippen LogP contribution in [0.15, 0.2) is 30.5 Å². The van der Waals surface area contributed by atoms with E-state index in [1.165, 1.54) is 30.2 Å². The first-order valence-electron chi connectivity index (χ1n) is 6.34. The Kier molecular flexibility index (Phi) is 2.50. The Morgan fingerprint density at radius 2 is 2.18 bits per heavy atom. The summed E-state index contributed by atoms with van der Waals surface area (Å²) < 4.78 is 2.30. The SMILES string of the molecule is CC(=O)c1ccc2ccn(CC3CCC3)c2c1. The van der Waals surface area contributed by atoms with Gasteiger partial charge in [-0.2, -0.15) is 0 Å². The molecule has 1 fully saturated rings. The fourth-order valence-corrected chi connectivity index (χ4v) is 2.52. The first-order chi connectivity index (χ1) is 8.24. The van der Waals surface area contributed by atoms with E-state index >= 15 is 0 Å². The third kappa shape index (κ3) is 1.88. The quantitative estimate of drug-likeness (QED) is 0.734. The largest absolute Gasteiger partial charge is 0.347 e. The van der Waals surface area contributed by atoms with E-state index in [2.05, 4.69) is 16.8 Å². The second-order valence-corrected chi connectivity index (χ2v) is 5.09. The molecule has 0 aliphatic heterocycles. The van der Waals surface area contributed by atoms with Gasteiger partial charge in [0, 0.05) is 23.8 Å². The minimum absolute atomic E-state index is 0.142. The molecular weight excluding hydrogens is 210 g/mol. The molecule has 2 aromatic rings. The summed E-state index contributed by atoms with van der Waals surface area (Å²) in [6, 6.07) is 8.12. The van der Waals surface area contributed by atoms with Crippen molar-refractivity contribution in [2.24, 2.45) is 5.92 Å². The summed E-state index contributed by atoms with van der Waals surface area (Å²) >= 11 is 0. The third-order valence-corrected chi connectivity index (χ3v) is 3.86. The molecule has 0 amide bonds. The number of hydrogen-bond acceptors (Lipinski definition) is 1. The van der Waals surface area contributed by atoms with Crippen molar-refractivity contribution in [3.63, 3.8) is 0 Å². The van der Waals surface area contributed by atoms with Crippen LogP contribution in [0.25, 0.3) is 10.9 Å². The second-order valence-electron chi connectivity index (χ2n) is 5.09. The fraction of sp³-hybridized carbons (Fsp3) is 0.400. The molecule has 0 unspecified atom stereocenters. The molecule has 0 saturated heterocycles. The van der Waals surface area contributed by atoms with Crippen LogP contribution in [0.5, 0.6) is 0 Å². The van der Waals surface area contributed by atoms with Gasteiger partial charge in [-0.05, 0) is 43.2 Å². The van der Waals surface area contributed by atoms with Crippen molar-refractivity contribution in [2.75, 3.05) is 0 Å². The lowest BCUT2D eigenvalue weighted by atomic mass is 9.85. The van der Waals surface area contributed by atoms with Crippen LogP contribution in [-0.4, -0.2) is 10.4 Å². The molecule has 2 heteroatoms. The van der Waals surface area contributed by atoms with Crippen LogP contribution in [0, 0.1) is 5.92 Å². The van der Waals surface area contributed by atoms with Gasteiger partial charge in [-0.15, -0.1) is 0 Å². The average Bonchev–Trinajstić information content (AvgIpc) is 2.65. The van der Waals surface area contributed by atoms with Crippen LogP contribution in [0.2, 0.25) is 0 Å². The van der Waals surface area contributed by atoms with E-state index in [4.69, 9.17) is 0 Å². The van der Waals surface area contributed by atoms with Crippen LogP contribution >= 0.6 is 0 Å². The number of Topliss-reactive ketones (excluding diaryl/α,β-unsaturated/α-hetero) is 1. The van der Waals surface area contributed by atoms with Gasteiger partial charge in [0.05, 0.1) is 0 Å². The molecule has 1 aromatic carbocycles. The number of benzene rings is 1. The molecule has 1 aliphatic rings. The topological polar surface area (TPSA) is 22.0 Å². The molecule has 0 radical (unpaired) electrons. The minimum atomic E-state index is 0.142. The smallest absolute Gasteiger partial charge is 0.159 e. The van der Waals surface area contributed by atoms with Gasteiger partial charge < -0.3 is 4.57 Å². The second kappa shape index (κ2) is 4.02. The highest BCUT2D eigenvalue weighted by molar-refractivity contribution is 5.97. The molecule has 1 aliphatic carbocycles. The van der Waals surface area contributed by atoms with Gasteiger partial charge in [0.25, 0.3) is 0 Å². The van der Waals surface area contributed by atoms with Crippen molar-refractivity contribution in [3.8, 4) is 0 Å². The highest BCUT2D eigenvalue weighted by Crippen LogP contribution is 2.29. The number of carbonyl (C=O) groups excluding carboxylic acids is 1. The molecule has 2 nitrogen and oxygen atoms in total. The van der Waals surface area contributed by atoms with Crippen molar-refractivity contribution in [3.05, 3.63) is 36.0 Å². The van der Waals surface area contributed by atoms with Gasteiger partial charge >= 0.3 is 0 Å². The predicted octanol–water partition coefficient (Wildman–Crippen LogP) is 3.64. The van der Waals surface area contributed by atoms with Gasteiger partial charge in [-0.3, -0.25) is 4.79 Å². The molecule has 1 saturated carbocycles. The van der Waals surface area contributed by atoms with Crippen LogP contribution in [0.1, 0.15) is 36.5 Å². The standard InChI is InChI=1S/C15H17NO/c1-11(17)14-6-5-13-7-8-16(15(13)9-14)10-12-3-2-4-12/h5-9,12H,2-4,10H2,1H3. The van der Waals surface area contributed by atoms with E-state index in [0.29, 0.717) is 0 Å². The summed E-state index contributed by atoms with van der Waals surface area (Å²) in [7, 11) is 0. The lowest BCUT2D eigenvalue weighted by Crippen LogP contribution is -2.17.